The molecule has 1 aliphatic rings. The lowest BCUT2D eigenvalue weighted by Crippen LogP contribution is -2.28. The van der Waals surface area contributed by atoms with Gasteiger partial charge in [0.2, 0.25) is 0 Å². The number of rotatable bonds is 3. The van der Waals surface area contributed by atoms with Gasteiger partial charge < -0.3 is 0 Å². The number of ketones is 1. The molecule has 7 heteroatoms. The van der Waals surface area contributed by atoms with Gasteiger partial charge in [-0.2, -0.15) is 0 Å². The molecule has 1 aromatic carbocycles. The first-order chi connectivity index (χ1) is 14.6. The van der Waals surface area contributed by atoms with Crippen LogP contribution < -0.4 is 5.56 Å². The van der Waals surface area contributed by atoms with Crippen LogP contribution in [-0.2, 0) is 6.42 Å². The van der Waals surface area contributed by atoms with Gasteiger partial charge in [0.1, 0.15) is 5.01 Å². The smallest absolute Gasteiger partial charge is 0.265 e. The molecule has 0 saturated carbocycles. The molecule has 3 heterocycles. The van der Waals surface area contributed by atoms with E-state index in [9.17, 15) is 9.59 Å². The lowest BCUT2D eigenvalue weighted by atomic mass is 9.93. The van der Waals surface area contributed by atoms with Crippen LogP contribution in [0.15, 0.2) is 65.0 Å². The van der Waals surface area contributed by atoms with Gasteiger partial charge in [-0.1, -0.05) is 23.7 Å². The third kappa shape index (κ3) is 3.28. The number of aromatic nitrogens is 3. The number of pyridine rings is 2. The second kappa shape index (κ2) is 7.63. The van der Waals surface area contributed by atoms with Crippen LogP contribution >= 0.6 is 22.9 Å². The van der Waals surface area contributed by atoms with E-state index in [-0.39, 0.29) is 11.3 Å². The van der Waals surface area contributed by atoms with Crippen LogP contribution in [0, 0.1) is 0 Å². The molecule has 148 valence electrons. The summed E-state index contributed by atoms with van der Waals surface area (Å²) in [6, 6.07) is 12.7. The third-order valence-corrected chi connectivity index (χ3v) is 6.34. The zero-order valence-corrected chi connectivity index (χ0v) is 17.4. The molecule has 0 bridgehead atoms. The van der Waals surface area contributed by atoms with E-state index >= 15 is 0 Å². The Morgan fingerprint density at radius 2 is 1.73 bits per heavy atom. The highest BCUT2D eigenvalue weighted by molar-refractivity contribution is 7.13. The molecule has 0 N–H and O–H groups in total. The number of carbonyl (C=O) groups excluding carboxylic acids is 1. The highest BCUT2D eigenvalue weighted by atomic mass is 35.5. The topological polar surface area (TPSA) is 64.8 Å². The average Bonchev–Trinajstić information content (AvgIpc) is 3.25. The Kier molecular flexibility index (Phi) is 4.81. The lowest BCUT2D eigenvalue weighted by molar-refractivity contribution is 0.0971. The Balaban J connectivity index is 1.70. The fourth-order valence-electron chi connectivity index (χ4n) is 3.76. The second-order valence-corrected chi connectivity index (χ2v) is 8.38. The van der Waals surface area contributed by atoms with Crippen molar-refractivity contribution in [2.75, 3.05) is 0 Å². The summed E-state index contributed by atoms with van der Waals surface area (Å²) >= 11 is 7.37. The van der Waals surface area contributed by atoms with Crippen LogP contribution in [0.25, 0.3) is 27.5 Å². The number of carbonyl (C=O) groups is 1. The van der Waals surface area contributed by atoms with Crippen molar-refractivity contribution in [3.05, 3.63) is 86.9 Å². The average molecular weight is 434 g/mol. The minimum atomic E-state index is -0.174. The van der Waals surface area contributed by atoms with E-state index < -0.39 is 0 Å². The van der Waals surface area contributed by atoms with Gasteiger partial charge in [-0.25, -0.2) is 4.98 Å². The third-order valence-electron chi connectivity index (χ3n) is 5.22. The van der Waals surface area contributed by atoms with Gasteiger partial charge in [0.25, 0.3) is 5.56 Å². The first-order valence-corrected chi connectivity index (χ1v) is 10.8. The fraction of sp³-hybridized carbons (Fsp3) is 0.130. The highest BCUT2D eigenvalue weighted by Crippen LogP contribution is 2.31. The van der Waals surface area contributed by atoms with Crippen molar-refractivity contribution in [3.8, 4) is 27.5 Å². The number of thiazole rings is 1. The van der Waals surface area contributed by atoms with Gasteiger partial charge >= 0.3 is 0 Å². The molecule has 5 rings (SSSR count). The quantitative estimate of drug-likeness (QED) is 0.445. The zero-order valence-electron chi connectivity index (χ0n) is 15.8. The molecule has 0 radical (unpaired) electrons. The van der Waals surface area contributed by atoms with Gasteiger partial charge in [0.15, 0.2) is 5.78 Å². The normalized spacial score (nSPS) is 13.3. The van der Waals surface area contributed by atoms with Gasteiger partial charge in [-0.05, 0) is 43.2 Å². The summed E-state index contributed by atoms with van der Waals surface area (Å²) in [6.07, 6.45) is 5.22. The van der Waals surface area contributed by atoms with Crippen LogP contribution in [0.3, 0.4) is 0 Å². The Morgan fingerprint density at radius 3 is 2.50 bits per heavy atom. The van der Waals surface area contributed by atoms with E-state index in [4.69, 9.17) is 11.6 Å². The standard InChI is InChI=1S/C23H16ClN3O2S/c24-15-6-4-14(5-7-15)19-13-30-22(26-19)18-12-17-20(2-1-3-21(17)28)27(23(18)29)16-8-10-25-11-9-16/h4-13H,1-3H2. The molecular formula is C23H16ClN3O2S. The first-order valence-electron chi connectivity index (χ1n) is 9.56. The van der Waals surface area contributed by atoms with Crippen molar-refractivity contribution in [1.29, 1.82) is 0 Å². The summed E-state index contributed by atoms with van der Waals surface area (Å²) < 4.78 is 1.65. The largest absolute Gasteiger partial charge is 0.294 e. The van der Waals surface area contributed by atoms with Crippen molar-refractivity contribution in [1.82, 2.24) is 14.5 Å². The minimum absolute atomic E-state index is 0.0646. The summed E-state index contributed by atoms with van der Waals surface area (Å²) in [5.41, 5.74) is 4.03. The van der Waals surface area contributed by atoms with E-state index in [1.54, 1.807) is 35.2 Å². The summed E-state index contributed by atoms with van der Waals surface area (Å²) in [4.78, 5) is 34.9. The highest BCUT2D eigenvalue weighted by Gasteiger charge is 2.25. The maximum Gasteiger partial charge on any atom is 0.265 e. The van der Waals surface area contributed by atoms with Gasteiger partial charge in [-0.15, -0.1) is 11.3 Å². The molecule has 3 aromatic heterocycles. The molecule has 1 aliphatic carbocycles. The van der Waals surface area contributed by atoms with E-state index in [2.05, 4.69) is 9.97 Å². The van der Waals surface area contributed by atoms with Crippen molar-refractivity contribution < 1.29 is 4.79 Å². The second-order valence-electron chi connectivity index (χ2n) is 7.09. The fourth-order valence-corrected chi connectivity index (χ4v) is 4.72. The minimum Gasteiger partial charge on any atom is -0.294 e. The number of nitrogens with zero attached hydrogens (tertiary/aromatic N) is 3. The summed E-state index contributed by atoms with van der Waals surface area (Å²) in [7, 11) is 0. The molecule has 0 fully saturated rings. The van der Waals surface area contributed by atoms with Crippen LogP contribution in [0.5, 0.6) is 0 Å². The van der Waals surface area contributed by atoms with Crippen LogP contribution in [0.2, 0.25) is 5.02 Å². The monoisotopic (exact) mass is 433 g/mol. The van der Waals surface area contributed by atoms with Crippen molar-refractivity contribution in [2.24, 2.45) is 0 Å². The lowest BCUT2D eigenvalue weighted by Gasteiger charge is -2.21. The molecule has 0 aliphatic heterocycles. The summed E-state index contributed by atoms with van der Waals surface area (Å²) in [5, 5.41) is 3.16. The Bertz CT molecular complexity index is 1310. The molecule has 0 saturated heterocycles. The zero-order chi connectivity index (χ0) is 20.7. The molecule has 0 atom stereocenters. The number of Topliss-reactive ketones (excluding diaryl/α,β-unsaturated/α-hetero) is 1. The predicted octanol–water partition coefficient (Wildman–Crippen LogP) is 5.20. The summed E-state index contributed by atoms with van der Waals surface area (Å²) in [5.74, 6) is 0.0646. The molecule has 0 spiro atoms. The molecule has 30 heavy (non-hydrogen) atoms. The number of hydrogen-bond donors (Lipinski definition) is 0. The molecule has 0 amide bonds. The molecule has 0 unspecified atom stereocenters. The van der Waals surface area contributed by atoms with Crippen molar-refractivity contribution >= 4 is 28.7 Å². The maximum atomic E-state index is 13.5. The number of fused-ring (bicyclic) bond motifs is 1. The van der Waals surface area contributed by atoms with E-state index in [1.807, 2.05) is 29.6 Å². The number of hydrogen-bond acceptors (Lipinski definition) is 5. The molecule has 4 aromatic rings. The number of halogens is 1. The van der Waals surface area contributed by atoms with Gasteiger partial charge in [-0.3, -0.25) is 19.1 Å². The molecular weight excluding hydrogens is 418 g/mol. The van der Waals surface area contributed by atoms with E-state index in [1.165, 1.54) is 11.3 Å². The van der Waals surface area contributed by atoms with Crippen molar-refractivity contribution in [2.45, 2.75) is 19.3 Å². The molecule has 5 nitrogen and oxygen atoms in total. The SMILES string of the molecule is O=C1CCCc2c1cc(-c1nc(-c3ccc(Cl)cc3)cs1)c(=O)n2-c1ccncc1. The van der Waals surface area contributed by atoms with E-state index in [0.29, 0.717) is 39.7 Å². The first kappa shape index (κ1) is 18.9. The van der Waals surface area contributed by atoms with Crippen LogP contribution in [-0.4, -0.2) is 20.3 Å². The van der Waals surface area contributed by atoms with Crippen molar-refractivity contribution in [3.63, 3.8) is 0 Å². The van der Waals surface area contributed by atoms with Crippen LogP contribution in [0.1, 0.15) is 28.9 Å². The van der Waals surface area contributed by atoms with E-state index in [0.717, 1.165) is 23.4 Å². The van der Waals surface area contributed by atoms with Gasteiger partial charge in [0, 0.05) is 46.0 Å². The summed E-state index contributed by atoms with van der Waals surface area (Å²) in [6.45, 7) is 0. The Hall–Kier alpha value is -3.09. The maximum absolute atomic E-state index is 13.5. The van der Waals surface area contributed by atoms with Crippen LogP contribution in [0.4, 0.5) is 0 Å². The van der Waals surface area contributed by atoms with Gasteiger partial charge in [0.05, 0.1) is 16.9 Å². The predicted molar refractivity (Wildman–Crippen MR) is 119 cm³/mol. The Morgan fingerprint density at radius 1 is 0.967 bits per heavy atom. The number of benzene rings is 1. The Labute approximate surface area is 181 Å².